The SMILES string of the molecule is CNc1nc2ccccc2s1.O=Cc1c(NCc2ccccc2)cc(=O)n(Cc2cccc(Cl)n2)c1C(F)(F)F. The monoisotopic (exact) mass is 585 g/mol. The van der Waals surface area contributed by atoms with E-state index in [1.165, 1.54) is 22.9 Å². The molecule has 0 aliphatic carbocycles. The second-order valence-electron chi connectivity index (χ2n) is 8.39. The number of aldehydes is 1. The molecule has 0 unspecified atom stereocenters. The fraction of sp³-hybridized carbons (Fsp3) is 0.143. The van der Waals surface area contributed by atoms with Crippen molar-refractivity contribution in [2.24, 2.45) is 0 Å². The predicted molar refractivity (Wildman–Crippen MR) is 152 cm³/mol. The molecule has 7 nitrogen and oxygen atoms in total. The summed E-state index contributed by atoms with van der Waals surface area (Å²) in [7, 11) is 1.89. The minimum absolute atomic E-state index is 0.0841. The van der Waals surface area contributed by atoms with E-state index in [1.54, 1.807) is 41.7 Å². The Morgan fingerprint density at radius 2 is 1.73 bits per heavy atom. The van der Waals surface area contributed by atoms with Crippen molar-refractivity contribution < 1.29 is 18.0 Å². The molecule has 0 saturated heterocycles. The van der Waals surface area contributed by atoms with Gasteiger partial charge >= 0.3 is 6.18 Å². The standard InChI is InChI=1S/C20H15ClF3N3O2.C8H8N2S/c21-17-8-4-7-14(26-17)11-27-18(29)9-16(15(12-28)19(27)20(22,23)24)25-10-13-5-2-1-3-6-13;1-9-8-10-6-4-2-3-5-7(6)11-8/h1-9,12,25H,10-11H2;2-5H,1H3,(H,9,10). The zero-order valence-corrected chi connectivity index (χ0v) is 22.6. The number of nitrogens with one attached hydrogen (secondary N) is 2. The van der Waals surface area contributed by atoms with Crippen LogP contribution >= 0.6 is 22.9 Å². The first-order valence-electron chi connectivity index (χ1n) is 11.9. The molecule has 0 aliphatic heterocycles. The summed E-state index contributed by atoms with van der Waals surface area (Å²) >= 11 is 7.45. The molecule has 0 saturated carbocycles. The first-order valence-corrected chi connectivity index (χ1v) is 13.1. The van der Waals surface area contributed by atoms with Crippen LogP contribution < -0.4 is 16.2 Å². The van der Waals surface area contributed by atoms with Gasteiger partial charge in [0.15, 0.2) is 11.4 Å². The average molecular weight is 586 g/mol. The molecule has 5 rings (SSSR count). The van der Waals surface area contributed by atoms with Crippen LogP contribution in [-0.2, 0) is 19.3 Å². The Labute approximate surface area is 236 Å². The quantitative estimate of drug-likeness (QED) is 0.163. The first kappa shape index (κ1) is 28.8. The van der Waals surface area contributed by atoms with Gasteiger partial charge < -0.3 is 10.6 Å². The van der Waals surface area contributed by atoms with Crippen LogP contribution in [0.15, 0.2) is 83.7 Å². The van der Waals surface area contributed by atoms with Gasteiger partial charge in [0.25, 0.3) is 5.56 Å². The zero-order valence-electron chi connectivity index (χ0n) is 21.1. The molecule has 0 atom stereocenters. The molecule has 0 aliphatic rings. The topological polar surface area (TPSA) is 88.9 Å². The van der Waals surface area contributed by atoms with E-state index < -0.39 is 29.5 Å². The number of anilines is 2. The fourth-order valence-corrected chi connectivity index (χ4v) is 4.86. The Morgan fingerprint density at radius 3 is 2.38 bits per heavy atom. The van der Waals surface area contributed by atoms with E-state index in [9.17, 15) is 22.8 Å². The maximum absolute atomic E-state index is 13.8. The zero-order chi connectivity index (χ0) is 28.7. The number of thiazole rings is 1. The van der Waals surface area contributed by atoms with Crippen LogP contribution in [-0.4, -0.2) is 27.9 Å². The predicted octanol–water partition coefficient (Wildman–Crippen LogP) is 6.73. The van der Waals surface area contributed by atoms with Gasteiger partial charge in [-0.15, -0.1) is 0 Å². The summed E-state index contributed by atoms with van der Waals surface area (Å²) in [5.41, 5.74) is -1.07. The van der Waals surface area contributed by atoms with E-state index in [2.05, 4.69) is 26.7 Å². The molecule has 2 N–H and O–H groups in total. The summed E-state index contributed by atoms with van der Waals surface area (Å²) in [6.45, 7) is -0.327. The van der Waals surface area contributed by atoms with Gasteiger partial charge in [0.05, 0.1) is 33.7 Å². The molecule has 0 bridgehead atoms. The third kappa shape index (κ3) is 7.04. The number of hydrogen-bond donors (Lipinski definition) is 2. The lowest BCUT2D eigenvalue weighted by molar-refractivity contribution is -0.144. The number of alkyl halides is 3. The highest BCUT2D eigenvalue weighted by Gasteiger charge is 2.38. The lowest BCUT2D eigenvalue weighted by atomic mass is 10.1. The van der Waals surface area contributed by atoms with Gasteiger partial charge in [0.2, 0.25) is 0 Å². The maximum atomic E-state index is 13.8. The minimum Gasteiger partial charge on any atom is -0.380 e. The van der Waals surface area contributed by atoms with Crippen molar-refractivity contribution in [1.82, 2.24) is 14.5 Å². The fourth-order valence-electron chi connectivity index (χ4n) is 3.86. The molecule has 206 valence electrons. The van der Waals surface area contributed by atoms with Gasteiger partial charge in [-0.2, -0.15) is 13.2 Å². The molecule has 0 fully saturated rings. The van der Waals surface area contributed by atoms with Gasteiger partial charge in [-0.05, 0) is 29.8 Å². The molecule has 12 heteroatoms. The number of para-hydroxylation sites is 1. The molecule has 40 heavy (non-hydrogen) atoms. The summed E-state index contributed by atoms with van der Waals surface area (Å²) in [4.78, 5) is 32.4. The Morgan fingerprint density at radius 1 is 1.00 bits per heavy atom. The van der Waals surface area contributed by atoms with E-state index in [1.807, 2.05) is 25.2 Å². The molecule has 0 amide bonds. The summed E-state index contributed by atoms with van der Waals surface area (Å²) in [5, 5.41) is 6.84. The molecule has 0 radical (unpaired) electrons. The summed E-state index contributed by atoms with van der Waals surface area (Å²) < 4.78 is 43.1. The lowest BCUT2D eigenvalue weighted by Crippen LogP contribution is -2.31. The summed E-state index contributed by atoms with van der Waals surface area (Å²) in [5.74, 6) is 0. The number of nitrogens with zero attached hydrogens (tertiary/aromatic N) is 3. The van der Waals surface area contributed by atoms with Crippen LogP contribution in [0.4, 0.5) is 24.0 Å². The van der Waals surface area contributed by atoms with Gasteiger partial charge in [-0.1, -0.05) is 71.5 Å². The second kappa shape index (κ2) is 12.8. The van der Waals surface area contributed by atoms with Crippen molar-refractivity contribution in [3.63, 3.8) is 0 Å². The molecule has 5 aromatic rings. The maximum Gasteiger partial charge on any atom is 0.432 e. The van der Waals surface area contributed by atoms with Crippen LogP contribution in [0.2, 0.25) is 5.15 Å². The Hall–Kier alpha value is -4.22. The van der Waals surface area contributed by atoms with Crippen molar-refractivity contribution >= 4 is 50.3 Å². The number of halogens is 4. The average Bonchev–Trinajstić information content (AvgIpc) is 3.37. The Balaban J connectivity index is 0.000000278. The van der Waals surface area contributed by atoms with Crippen LogP contribution in [0.1, 0.15) is 27.3 Å². The molecule has 3 aromatic heterocycles. The summed E-state index contributed by atoms with van der Waals surface area (Å²) in [6, 6.07) is 22.4. The van der Waals surface area contributed by atoms with Gasteiger partial charge in [-0.25, -0.2) is 9.97 Å². The number of carbonyl (C=O) groups excluding carboxylic acids is 1. The third-order valence-corrected chi connectivity index (χ3v) is 6.93. The molecular weight excluding hydrogens is 563 g/mol. The van der Waals surface area contributed by atoms with E-state index in [-0.39, 0.29) is 29.4 Å². The van der Waals surface area contributed by atoms with Gasteiger partial charge in [0.1, 0.15) is 10.8 Å². The van der Waals surface area contributed by atoms with Crippen LogP contribution in [0, 0.1) is 0 Å². The third-order valence-electron chi connectivity index (χ3n) is 5.66. The molecule has 3 heterocycles. The van der Waals surface area contributed by atoms with Crippen molar-refractivity contribution in [3.05, 3.63) is 117 Å². The van der Waals surface area contributed by atoms with Crippen LogP contribution in [0.25, 0.3) is 10.2 Å². The normalized spacial score (nSPS) is 11.0. The summed E-state index contributed by atoms with van der Waals surface area (Å²) in [6.07, 6.45) is -4.84. The van der Waals surface area contributed by atoms with Crippen molar-refractivity contribution in [2.45, 2.75) is 19.3 Å². The first-order chi connectivity index (χ1) is 19.2. The van der Waals surface area contributed by atoms with Crippen LogP contribution in [0.5, 0.6) is 0 Å². The second-order valence-corrected chi connectivity index (χ2v) is 9.81. The Kier molecular flexibility index (Phi) is 9.18. The van der Waals surface area contributed by atoms with E-state index in [4.69, 9.17) is 11.6 Å². The number of pyridine rings is 2. The number of carbonyl (C=O) groups is 1. The number of hydrogen-bond acceptors (Lipinski definition) is 7. The minimum atomic E-state index is -4.93. The number of benzene rings is 2. The van der Waals surface area contributed by atoms with Gasteiger partial charge in [-0.3, -0.25) is 14.2 Å². The highest BCUT2D eigenvalue weighted by molar-refractivity contribution is 7.22. The number of fused-ring (bicyclic) bond motifs is 1. The number of aromatic nitrogens is 3. The molecule has 2 aromatic carbocycles. The van der Waals surface area contributed by atoms with Crippen molar-refractivity contribution in [1.29, 1.82) is 0 Å². The smallest absolute Gasteiger partial charge is 0.380 e. The number of rotatable bonds is 7. The van der Waals surface area contributed by atoms with E-state index in [0.29, 0.717) is 4.57 Å². The van der Waals surface area contributed by atoms with Crippen molar-refractivity contribution in [2.75, 3.05) is 17.7 Å². The van der Waals surface area contributed by atoms with Crippen molar-refractivity contribution in [3.8, 4) is 0 Å². The molecular formula is C28H23ClF3N5O2S. The van der Waals surface area contributed by atoms with Gasteiger partial charge in [0, 0.05) is 19.7 Å². The highest BCUT2D eigenvalue weighted by Crippen LogP contribution is 2.34. The van der Waals surface area contributed by atoms with E-state index >= 15 is 0 Å². The largest absolute Gasteiger partial charge is 0.432 e. The Bertz CT molecular complexity index is 1640. The lowest BCUT2D eigenvalue weighted by Gasteiger charge is -2.20. The highest BCUT2D eigenvalue weighted by atomic mass is 35.5. The molecule has 0 spiro atoms. The van der Waals surface area contributed by atoms with E-state index in [0.717, 1.165) is 22.3 Å². The van der Waals surface area contributed by atoms with Crippen LogP contribution in [0.3, 0.4) is 0 Å².